The van der Waals surface area contributed by atoms with E-state index in [0.29, 0.717) is 0 Å². The van der Waals surface area contributed by atoms with Gasteiger partial charge in [-0.3, -0.25) is 4.79 Å². The minimum Gasteiger partial charge on any atom is -0.353 e. The Kier molecular flexibility index (Phi) is 3.21. The molecule has 0 aromatic heterocycles. The van der Waals surface area contributed by atoms with Gasteiger partial charge >= 0.3 is 0 Å². The van der Waals surface area contributed by atoms with Crippen LogP contribution in [0, 0.1) is 0 Å². The first-order valence-corrected chi connectivity index (χ1v) is 5.34. The van der Waals surface area contributed by atoms with Gasteiger partial charge in [-0.2, -0.15) is 0 Å². The Hall–Kier alpha value is -0.380. The zero-order chi connectivity index (χ0) is 9.97. The monoisotopic (exact) mass is 216 g/mol. The number of ether oxygens (including phenoxy) is 2. The molecule has 1 saturated heterocycles. The van der Waals surface area contributed by atoms with Crippen LogP contribution < -0.4 is 0 Å². The molecule has 2 aliphatic rings. The van der Waals surface area contributed by atoms with Gasteiger partial charge in [0.2, 0.25) is 0 Å². The molecule has 0 spiro atoms. The Morgan fingerprint density at radius 2 is 2.36 bits per heavy atom. The van der Waals surface area contributed by atoms with Crippen LogP contribution in [0.3, 0.4) is 0 Å². The van der Waals surface area contributed by atoms with E-state index in [1.165, 1.54) is 6.08 Å². The Balaban J connectivity index is 1.85. The van der Waals surface area contributed by atoms with Gasteiger partial charge in [-0.25, -0.2) is 0 Å². The average Bonchev–Trinajstić information content (AvgIpc) is 2.52. The lowest BCUT2D eigenvalue weighted by atomic mass is 10.2. The zero-order valence-corrected chi connectivity index (χ0v) is 8.57. The van der Waals surface area contributed by atoms with E-state index in [1.807, 2.05) is 0 Å². The van der Waals surface area contributed by atoms with Gasteiger partial charge in [-0.1, -0.05) is 6.08 Å². The predicted molar refractivity (Wildman–Crippen MR) is 52.3 cm³/mol. The normalized spacial score (nSPS) is 37.8. The largest absolute Gasteiger partial charge is 0.353 e. The lowest BCUT2D eigenvalue weighted by Crippen LogP contribution is -2.32. The highest BCUT2D eigenvalue weighted by atomic mass is 35.5. The van der Waals surface area contributed by atoms with Crippen LogP contribution in [-0.2, 0) is 14.3 Å². The van der Waals surface area contributed by atoms with Crippen molar-refractivity contribution in [2.24, 2.45) is 0 Å². The van der Waals surface area contributed by atoms with Gasteiger partial charge in [0.15, 0.2) is 12.1 Å². The van der Waals surface area contributed by atoms with Gasteiger partial charge in [-0.05, 0) is 25.3 Å². The van der Waals surface area contributed by atoms with Crippen molar-refractivity contribution in [1.29, 1.82) is 0 Å². The molecule has 78 valence electrons. The highest BCUT2D eigenvalue weighted by Gasteiger charge is 2.31. The summed E-state index contributed by atoms with van der Waals surface area (Å²) in [5, 5.41) is -0.569. The Bertz CT molecular complexity index is 246. The fraction of sp³-hybridized carbons (Fsp3) is 0.700. The molecule has 14 heavy (non-hydrogen) atoms. The molecule has 0 amide bonds. The van der Waals surface area contributed by atoms with Crippen molar-refractivity contribution in [2.75, 3.05) is 6.61 Å². The van der Waals surface area contributed by atoms with Crippen molar-refractivity contribution in [1.82, 2.24) is 0 Å². The summed E-state index contributed by atoms with van der Waals surface area (Å²) in [7, 11) is 0. The topological polar surface area (TPSA) is 35.5 Å². The number of hydrogen-bond donors (Lipinski definition) is 0. The van der Waals surface area contributed by atoms with Gasteiger partial charge in [0, 0.05) is 6.61 Å². The third-order valence-corrected chi connectivity index (χ3v) is 2.92. The Morgan fingerprint density at radius 3 is 2.93 bits per heavy atom. The molecule has 0 aromatic carbocycles. The quantitative estimate of drug-likeness (QED) is 0.659. The Labute approximate surface area is 88.0 Å². The number of allylic oxidation sites excluding steroid dienone is 1. The number of alkyl halides is 1. The summed E-state index contributed by atoms with van der Waals surface area (Å²) < 4.78 is 11.0. The van der Waals surface area contributed by atoms with Gasteiger partial charge in [0.1, 0.15) is 11.5 Å². The second kappa shape index (κ2) is 4.43. The number of hydrogen-bond acceptors (Lipinski definition) is 3. The minimum atomic E-state index is -0.569. The maximum Gasteiger partial charge on any atom is 0.176 e. The lowest BCUT2D eigenvalue weighted by molar-refractivity contribution is -0.177. The summed E-state index contributed by atoms with van der Waals surface area (Å²) in [6.45, 7) is 0.738. The average molecular weight is 217 g/mol. The van der Waals surface area contributed by atoms with Crippen LogP contribution >= 0.6 is 11.6 Å². The van der Waals surface area contributed by atoms with Crippen LogP contribution in [-0.4, -0.2) is 30.2 Å². The lowest BCUT2D eigenvalue weighted by Gasteiger charge is -2.26. The van der Waals surface area contributed by atoms with Crippen LogP contribution in [0.15, 0.2) is 12.2 Å². The van der Waals surface area contributed by atoms with E-state index in [1.54, 1.807) is 6.08 Å². The number of carbonyl (C=O) groups is 1. The smallest absolute Gasteiger partial charge is 0.176 e. The first kappa shape index (κ1) is 10.1. The third kappa shape index (κ3) is 2.16. The van der Waals surface area contributed by atoms with Crippen LogP contribution in [0.1, 0.15) is 19.3 Å². The summed E-state index contributed by atoms with van der Waals surface area (Å²) >= 11 is 5.86. The van der Waals surface area contributed by atoms with E-state index in [-0.39, 0.29) is 18.2 Å². The van der Waals surface area contributed by atoms with Gasteiger partial charge < -0.3 is 9.47 Å². The van der Waals surface area contributed by atoms with Crippen molar-refractivity contribution in [2.45, 2.75) is 37.0 Å². The third-order valence-electron chi connectivity index (χ3n) is 2.46. The van der Waals surface area contributed by atoms with Crippen molar-refractivity contribution in [3.63, 3.8) is 0 Å². The van der Waals surface area contributed by atoms with E-state index >= 15 is 0 Å². The van der Waals surface area contributed by atoms with Gasteiger partial charge in [-0.15, -0.1) is 11.6 Å². The molecule has 0 saturated carbocycles. The fourth-order valence-corrected chi connectivity index (χ4v) is 1.87. The molecule has 0 radical (unpaired) electrons. The summed E-state index contributed by atoms with van der Waals surface area (Å²) in [5.41, 5.74) is 0. The molecule has 3 nitrogen and oxygen atoms in total. The van der Waals surface area contributed by atoms with E-state index in [9.17, 15) is 4.79 Å². The second-order valence-electron chi connectivity index (χ2n) is 3.56. The van der Waals surface area contributed by atoms with E-state index < -0.39 is 5.38 Å². The number of rotatable bonds is 2. The first-order valence-electron chi connectivity index (χ1n) is 4.90. The zero-order valence-electron chi connectivity index (χ0n) is 7.82. The molecule has 0 N–H and O–H groups in total. The van der Waals surface area contributed by atoms with Crippen molar-refractivity contribution in [3.8, 4) is 0 Å². The fourth-order valence-electron chi connectivity index (χ4n) is 1.65. The van der Waals surface area contributed by atoms with Gasteiger partial charge in [0.05, 0.1) is 0 Å². The predicted octanol–water partition coefficient (Wildman–Crippen LogP) is 1.64. The molecule has 2 rings (SSSR count). The van der Waals surface area contributed by atoms with Crippen LogP contribution in [0.4, 0.5) is 0 Å². The van der Waals surface area contributed by atoms with Crippen molar-refractivity contribution >= 4 is 17.4 Å². The second-order valence-corrected chi connectivity index (χ2v) is 4.03. The molecule has 1 aliphatic carbocycles. The molecule has 0 bridgehead atoms. The molecule has 1 heterocycles. The van der Waals surface area contributed by atoms with Crippen LogP contribution in [0.2, 0.25) is 0 Å². The summed E-state index contributed by atoms with van der Waals surface area (Å²) in [4.78, 5) is 11.1. The first-order chi connectivity index (χ1) is 6.77. The summed E-state index contributed by atoms with van der Waals surface area (Å²) in [6.07, 6.45) is 5.77. The van der Waals surface area contributed by atoms with Crippen molar-refractivity contribution < 1.29 is 14.3 Å². The standard InChI is InChI=1S/C10H13ClO3/c11-10-7(12)4-5-8(10)14-9-3-1-2-6-13-9/h4-5,8-10H,1-3,6H2. The number of ketones is 1. The van der Waals surface area contributed by atoms with Crippen molar-refractivity contribution in [3.05, 3.63) is 12.2 Å². The highest BCUT2D eigenvalue weighted by molar-refractivity contribution is 6.34. The van der Waals surface area contributed by atoms with E-state index in [4.69, 9.17) is 21.1 Å². The molecule has 4 heteroatoms. The SMILES string of the molecule is O=C1C=CC(OC2CCCCO2)C1Cl. The molecular formula is C10H13ClO3. The maximum absolute atomic E-state index is 11.1. The van der Waals surface area contributed by atoms with E-state index in [2.05, 4.69) is 0 Å². The highest BCUT2D eigenvalue weighted by Crippen LogP contribution is 2.22. The van der Waals surface area contributed by atoms with Crippen LogP contribution in [0.25, 0.3) is 0 Å². The minimum absolute atomic E-state index is 0.0764. The molecule has 0 aromatic rings. The molecular weight excluding hydrogens is 204 g/mol. The molecule has 3 atom stereocenters. The molecule has 3 unspecified atom stereocenters. The van der Waals surface area contributed by atoms with Gasteiger partial charge in [0.25, 0.3) is 0 Å². The van der Waals surface area contributed by atoms with E-state index in [0.717, 1.165) is 25.9 Å². The maximum atomic E-state index is 11.1. The Morgan fingerprint density at radius 1 is 1.50 bits per heavy atom. The number of halogens is 1. The number of carbonyl (C=O) groups excluding carboxylic acids is 1. The molecule has 1 fully saturated rings. The molecule has 1 aliphatic heterocycles. The van der Waals surface area contributed by atoms with Crippen LogP contribution in [0.5, 0.6) is 0 Å². The summed E-state index contributed by atoms with van der Waals surface area (Å²) in [5.74, 6) is -0.0764. The summed E-state index contributed by atoms with van der Waals surface area (Å²) in [6, 6.07) is 0.